The van der Waals surface area contributed by atoms with Gasteiger partial charge in [0, 0.05) is 0 Å². The Morgan fingerprint density at radius 2 is 1.11 bits per heavy atom. The normalized spacial score (nSPS) is 22.8. The van der Waals surface area contributed by atoms with Crippen LogP contribution in [0.2, 0.25) is 0 Å². The molecule has 0 spiro atoms. The fourth-order valence-corrected chi connectivity index (χ4v) is 6.80. The molecule has 21 heteroatoms. The molecule has 0 aromatic carbocycles. The predicted molar refractivity (Wildman–Crippen MR) is 152 cm³/mol. The summed E-state index contributed by atoms with van der Waals surface area (Å²) in [5.41, 5.74) is 0. The molecule has 0 amide bonds. The molecule has 3 unspecified atom stereocenters. The van der Waals surface area contributed by atoms with E-state index in [1.807, 2.05) is 48.8 Å². The molecule has 3 aromatic rings. The topological polar surface area (TPSA) is 191 Å². The number of likely N-dealkylation sites (N-methyl/N-ethyl adjacent to an activating group) is 1. The molecule has 19 nitrogen and oxygen atoms in total. The molecule has 0 saturated carbocycles. The van der Waals surface area contributed by atoms with Gasteiger partial charge in [0.1, 0.15) is 63.3 Å². The van der Waals surface area contributed by atoms with E-state index in [1.54, 1.807) is 0 Å². The lowest BCUT2D eigenvalue weighted by Gasteiger charge is -2.25. The van der Waals surface area contributed by atoms with Crippen LogP contribution >= 0.6 is 15.4 Å². The Morgan fingerprint density at radius 1 is 0.705 bits per heavy atom. The summed E-state index contributed by atoms with van der Waals surface area (Å²) >= 11 is 0. The van der Waals surface area contributed by atoms with Crippen LogP contribution in [0.15, 0.2) is 38.0 Å². The second kappa shape index (κ2) is 13.9. The molecule has 5 rings (SSSR count). The monoisotopic (exact) mass is 663 g/mol. The molecule has 2 saturated heterocycles. The maximum Gasteiger partial charge on any atom is 0.441 e. The van der Waals surface area contributed by atoms with Crippen molar-refractivity contribution in [1.29, 1.82) is 0 Å². The second-order valence-corrected chi connectivity index (χ2v) is 15.9. The van der Waals surface area contributed by atoms with Crippen LogP contribution in [0.3, 0.4) is 0 Å². The third-order valence-electron chi connectivity index (χ3n) is 6.09. The van der Waals surface area contributed by atoms with Crippen molar-refractivity contribution in [3.63, 3.8) is 0 Å². The maximum atomic E-state index is 13.1. The van der Waals surface area contributed by atoms with Crippen LogP contribution in [0.25, 0.3) is 0 Å². The van der Waals surface area contributed by atoms with Gasteiger partial charge in [0.2, 0.25) is 0 Å². The first-order chi connectivity index (χ1) is 20.6. The standard InChI is InChI=1S/C13H26N4O5P.C10H15N6O4P/c1-13(2)19-8-12(22-13)9-21-23(18,16-10-14-15-11-16)20-7-6-17(3,4)5;1-10(2)18-3-9(20-10)4-19-21(17,15-5-11-12-6-15)16-7-13-14-8-16/h10-12H,6-9H2,1-5H3;5-9H,3-4H2,1-2H3/q+1;. The van der Waals surface area contributed by atoms with Crippen molar-refractivity contribution in [3.8, 4) is 0 Å². The van der Waals surface area contributed by atoms with Crippen LogP contribution in [0, 0.1) is 0 Å². The van der Waals surface area contributed by atoms with E-state index < -0.39 is 27.0 Å². The van der Waals surface area contributed by atoms with Gasteiger partial charge >= 0.3 is 15.4 Å². The number of hydrogen-bond donors (Lipinski definition) is 0. The maximum absolute atomic E-state index is 13.1. The first kappa shape index (κ1) is 34.4. The lowest BCUT2D eigenvalue weighted by Crippen LogP contribution is -2.37. The van der Waals surface area contributed by atoms with Crippen LogP contribution in [0.1, 0.15) is 27.7 Å². The Balaban J connectivity index is 0.000000201. The van der Waals surface area contributed by atoms with Crippen LogP contribution in [-0.2, 0) is 41.6 Å². The molecule has 0 radical (unpaired) electrons. The summed E-state index contributed by atoms with van der Waals surface area (Å²) in [6, 6.07) is 0. The first-order valence-electron chi connectivity index (χ1n) is 13.7. The predicted octanol–water partition coefficient (Wildman–Crippen LogP) is 1.67. The van der Waals surface area contributed by atoms with Crippen LogP contribution in [0.4, 0.5) is 0 Å². The van der Waals surface area contributed by atoms with E-state index in [0.29, 0.717) is 24.2 Å². The molecular weight excluding hydrogens is 622 g/mol. The lowest BCUT2D eigenvalue weighted by molar-refractivity contribution is -0.870. The molecule has 246 valence electrons. The molecule has 0 N–H and O–H groups in total. The van der Waals surface area contributed by atoms with E-state index in [4.69, 9.17) is 32.5 Å². The highest BCUT2D eigenvalue weighted by Gasteiger charge is 2.38. The summed E-state index contributed by atoms with van der Waals surface area (Å²) in [7, 11) is -0.951. The summed E-state index contributed by atoms with van der Waals surface area (Å²) < 4.78 is 69.6. The summed E-state index contributed by atoms with van der Waals surface area (Å²) in [4.78, 5) is 0. The van der Waals surface area contributed by atoms with Gasteiger partial charge in [-0.25, -0.2) is 22.1 Å². The van der Waals surface area contributed by atoms with Gasteiger partial charge in [-0.2, -0.15) is 0 Å². The highest BCUT2D eigenvalue weighted by molar-refractivity contribution is 7.55. The number of nitrogens with zero attached hydrogens (tertiary/aromatic N) is 10. The van der Waals surface area contributed by atoms with E-state index in [0.717, 1.165) is 0 Å². The fraction of sp³-hybridized carbons (Fsp3) is 0.739. The van der Waals surface area contributed by atoms with Crippen molar-refractivity contribution in [1.82, 2.24) is 43.6 Å². The van der Waals surface area contributed by atoms with Crippen molar-refractivity contribution in [3.05, 3.63) is 38.0 Å². The number of ether oxygens (including phenoxy) is 4. The van der Waals surface area contributed by atoms with E-state index in [1.165, 1.54) is 51.0 Å². The first-order valence-corrected chi connectivity index (χ1v) is 16.8. The largest absolute Gasteiger partial charge is 0.441 e. The highest BCUT2D eigenvalue weighted by Crippen LogP contribution is 2.50. The summed E-state index contributed by atoms with van der Waals surface area (Å²) in [6.45, 7) is 9.19. The van der Waals surface area contributed by atoms with E-state index in [9.17, 15) is 9.13 Å². The third-order valence-corrected chi connectivity index (χ3v) is 9.91. The zero-order chi connectivity index (χ0) is 32.1. The van der Waals surface area contributed by atoms with Crippen LogP contribution in [-0.4, -0.2) is 133 Å². The highest BCUT2D eigenvalue weighted by atomic mass is 31.2. The van der Waals surface area contributed by atoms with Gasteiger partial charge in [0.25, 0.3) is 0 Å². The van der Waals surface area contributed by atoms with Gasteiger partial charge in [-0.1, -0.05) is 0 Å². The van der Waals surface area contributed by atoms with Crippen molar-refractivity contribution < 1.29 is 46.1 Å². The molecule has 44 heavy (non-hydrogen) atoms. The fourth-order valence-electron chi connectivity index (χ4n) is 3.87. The Labute approximate surface area is 255 Å². The quantitative estimate of drug-likeness (QED) is 0.189. The summed E-state index contributed by atoms with van der Waals surface area (Å²) in [5, 5.41) is 21.9. The number of quaternary nitrogens is 1. The van der Waals surface area contributed by atoms with Crippen molar-refractivity contribution in [2.75, 3.05) is 60.7 Å². The average molecular weight is 664 g/mol. The van der Waals surface area contributed by atoms with Crippen LogP contribution in [0.5, 0.6) is 0 Å². The van der Waals surface area contributed by atoms with Gasteiger partial charge in [-0.15, -0.1) is 30.6 Å². The van der Waals surface area contributed by atoms with Gasteiger partial charge < -0.3 is 23.4 Å². The molecule has 3 atom stereocenters. The molecule has 5 heterocycles. The van der Waals surface area contributed by atoms with Gasteiger partial charge in [0.05, 0.1) is 47.6 Å². The average Bonchev–Trinajstić information content (AvgIpc) is 3.77. The van der Waals surface area contributed by atoms with Crippen LogP contribution < -0.4 is 0 Å². The SMILES string of the molecule is CC1(C)OCC(COP(=O)(OCC[N+](C)(C)C)n2cnnc2)O1.CC1(C)OCC(COP(=O)(n2cnnc2)n2cnnc2)O1. The molecular formula is C23H41N10O9P2+. The van der Waals surface area contributed by atoms with Gasteiger partial charge in [-0.05, 0) is 27.7 Å². The molecule has 2 fully saturated rings. The molecule has 3 aromatic heterocycles. The Kier molecular flexibility index (Phi) is 10.9. The number of hydrogen-bond acceptors (Lipinski definition) is 15. The summed E-state index contributed by atoms with van der Waals surface area (Å²) in [5.74, 6) is -1.32. The van der Waals surface area contributed by atoms with Crippen molar-refractivity contribution in [2.24, 2.45) is 0 Å². The zero-order valence-corrected chi connectivity index (χ0v) is 27.7. The molecule has 0 aliphatic carbocycles. The van der Waals surface area contributed by atoms with Gasteiger partial charge in [-0.3, -0.25) is 13.6 Å². The minimum atomic E-state index is -3.56. The third kappa shape index (κ3) is 9.53. The zero-order valence-electron chi connectivity index (χ0n) is 25.9. The van der Waals surface area contributed by atoms with Crippen molar-refractivity contribution in [2.45, 2.75) is 51.5 Å². The lowest BCUT2D eigenvalue weighted by atomic mass is 10.4. The second-order valence-electron chi connectivity index (χ2n) is 11.8. The minimum Gasteiger partial charge on any atom is -0.348 e. The smallest absolute Gasteiger partial charge is 0.348 e. The Morgan fingerprint density at radius 3 is 1.50 bits per heavy atom. The minimum absolute atomic E-state index is 0.0943. The molecule has 0 bridgehead atoms. The van der Waals surface area contributed by atoms with Crippen molar-refractivity contribution >= 4 is 15.4 Å². The number of rotatable bonds is 13. The van der Waals surface area contributed by atoms with E-state index >= 15 is 0 Å². The van der Waals surface area contributed by atoms with Gasteiger partial charge in [0.15, 0.2) is 11.6 Å². The number of aromatic nitrogens is 9. The van der Waals surface area contributed by atoms with E-state index in [-0.39, 0.29) is 32.0 Å². The molecule has 2 aliphatic rings. The Bertz CT molecular complexity index is 1340. The molecule has 2 aliphatic heterocycles. The summed E-state index contributed by atoms with van der Waals surface area (Å²) in [6.07, 6.45) is 7.31. The van der Waals surface area contributed by atoms with E-state index in [2.05, 4.69) is 30.6 Å². The Hall–Kier alpha value is -2.44.